The van der Waals surface area contributed by atoms with E-state index in [2.05, 4.69) is 27.5 Å². The van der Waals surface area contributed by atoms with E-state index < -0.39 is 5.60 Å². The highest BCUT2D eigenvalue weighted by Gasteiger charge is 2.38. The maximum absolute atomic E-state index is 12.2. The summed E-state index contributed by atoms with van der Waals surface area (Å²) < 4.78 is 2.00. The van der Waals surface area contributed by atoms with Crippen LogP contribution in [0.1, 0.15) is 29.4 Å². The predicted molar refractivity (Wildman–Crippen MR) is 113 cm³/mol. The number of benzene rings is 2. The van der Waals surface area contributed by atoms with Crippen molar-refractivity contribution in [2.45, 2.75) is 18.9 Å². The minimum Gasteiger partial charge on any atom is -0.374 e. The van der Waals surface area contributed by atoms with Gasteiger partial charge in [-0.1, -0.05) is 67.6 Å². The van der Waals surface area contributed by atoms with E-state index in [9.17, 15) is 5.11 Å². The number of aliphatic hydroxyl groups is 1. The quantitative estimate of drug-likeness (QED) is 0.475. The van der Waals surface area contributed by atoms with Gasteiger partial charge in [-0.25, -0.2) is 10.1 Å². The van der Waals surface area contributed by atoms with Gasteiger partial charge in [-0.05, 0) is 40.1 Å². The highest BCUT2D eigenvalue weighted by atomic mass is 16.3. The Balaban J connectivity index is 1.78. The maximum atomic E-state index is 12.2. The number of aryl methyl sites for hydroxylation is 1. The van der Waals surface area contributed by atoms with E-state index >= 15 is 0 Å². The van der Waals surface area contributed by atoms with Gasteiger partial charge in [0, 0.05) is 17.5 Å². The summed E-state index contributed by atoms with van der Waals surface area (Å²) in [6, 6.07) is 23.2. The van der Waals surface area contributed by atoms with E-state index in [1.165, 1.54) is 0 Å². The number of nitrogens with one attached hydrogen (secondary N) is 1. The van der Waals surface area contributed by atoms with E-state index in [0.29, 0.717) is 17.9 Å². The van der Waals surface area contributed by atoms with Gasteiger partial charge in [-0.15, -0.1) is 5.10 Å². The first-order valence-corrected chi connectivity index (χ1v) is 9.80. The number of rotatable bonds is 5. The minimum atomic E-state index is -1.38. The second kappa shape index (κ2) is 7.20. The van der Waals surface area contributed by atoms with Gasteiger partial charge in [-0.2, -0.15) is 0 Å². The summed E-state index contributed by atoms with van der Waals surface area (Å²) in [6.45, 7) is 2.06. The summed E-state index contributed by atoms with van der Waals surface area (Å²) in [5, 5.41) is 26.3. The summed E-state index contributed by atoms with van der Waals surface area (Å²) in [5.74, 6) is 0.579. The van der Waals surface area contributed by atoms with Crippen LogP contribution in [0.2, 0.25) is 0 Å². The number of aromatic nitrogens is 6. The number of H-pyrrole nitrogens is 1. The van der Waals surface area contributed by atoms with Gasteiger partial charge in [0.2, 0.25) is 0 Å². The predicted octanol–water partition coefficient (Wildman–Crippen LogP) is 3.36. The second-order valence-corrected chi connectivity index (χ2v) is 7.10. The molecule has 0 fully saturated rings. The molecule has 0 saturated carbocycles. The minimum absolute atomic E-state index is 0.579. The average Bonchev–Trinajstić information content (AvgIpc) is 3.47. The molecule has 5 rings (SSSR count). The van der Waals surface area contributed by atoms with Gasteiger partial charge < -0.3 is 9.51 Å². The van der Waals surface area contributed by atoms with Gasteiger partial charge in [0.05, 0.1) is 0 Å². The van der Waals surface area contributed by atoms with Gasteiger partial charge in [0.25, 0.3) is 0 Å². The normalized spacial score (nSPS) is 11.8. The molecule has 0 saturated heterocycles. The molecule has 3 aromatic heterocycles. The van der Waals surface area contributed by atoms with Crippen LogP contribution in [0.15, 0.2) is 79.0 Å². The number of tetrazole rings is 1. The molecule has 7 nitrogen and oxygen atoms in total. The van der Waals surface area contributed by atoms with Crippen LogP contribution >= 0.6 is 0 Å². The molecule has 0 amide bonds. The number of fused-ring (bicyclic) bond motifs is 1. The molecule has 2 N–H and O–H groups in total. The Morgan fingerprint density at radius 2 is 1.60 bits per heavy atom. The standard InChI is InChI=1S/C23H20N6O/c1-2-19-21(24-20-14-13-16(15-29(19)20)22-25-27-28-26-22)23(30,17-9-5-3-6-10-17)18-11-7-4-8-12-18/h3-15,30H,2H2,1H3,(H,25,26,27,28). The zero-order valence-corrected chi connectivity index (χ0v) is 16.4. The van der Waals surface area contributed by atoms with Crippen molar-refractivity contribution in [3.8, 4) is 11.4 Å². The number of nitrogens with zero attached hydrogens (tertiary/aromatic N) is 5. The third kappa shape index (κ3) is 2.79. The van der Waals surface area contributed by atoms with Crippen molar-refractivity contribution in [3.05, 3.63) is 102 Å². The Hall–Kier alpha value is -3.84. The third-order valence-corrected chi connectivity index (χ3v) is 5.40. The molecule has 0 atom stereocenters. The number of hydrogen-bond donors (Lipinski definition) is 2. The lowest BCUT2D eigenvalue weighted by Crippen LogP contribution is -2.30. The number of pyridine rings is 1. The van der Waals surface area contributed by atoms with Crippen LogP contribution in [-0.4, -0.2) is 35.1 Å². The van der Waals surface area contributed by atoms with Crippen LogP contribution in [0.5, 0.6) is 0 Å². The van der Waals surface area contributed by atoms with Crippen LogP contribution in [0.25, 0.3) is 17.0 Å². The van der Waals surface area contributed by atoms with Gasteiger partial charge >= 0.3 is 0 Å². The SMILES string of the molecule is CCc1c(C(O)(c2ccccc2)c2ccccc2)nc2ccc(-c3nnn[nH]3)cn12. The van der Waals surface area contributed by atoms with Crippen molar-refractivity contribution in [3.63, 3.8) is 0 Å². The summed E-state index contributed by atoms with van der Waals surface area (Å²) in [6.07, 6.45) is 2.64. The fourth-order valence-corrected chi connectivity index (χ4v) is 3.94. The molecule has 0 aliphatic heterocycles. The fraction of sp³-hybridized carbons (Fsp3) is 0.130. The van der Waals surface area contributed by atoms with Crippen molar-refractivity contribution in [1.29, 1.82) is 0 Å². The number of hydrogen-bond acceptors (Lipinski definition) is 5. The van der Waals surface area contributed by atoms with Gasteiger partial charge in [-0.3, -0.25) is 0 Å². The van der Waals surface area contributed by atoms with Crippen molar-refractivity contribution >= 4 is 5.65 Å². The highest BCUT2D eigenvalue weighted by Crippen LogP contribution is 2.38. The van der Waals surface area contributed by atoms with E-state index in [1.807, 2.05) is 83.4 Å². The summed E-state index contributed by atoms with van der Waals surface area (Å²) >= 11 is 0. The monoisotopic (exact) mass is 396 g/mol. The zero-order valence-electron chi connectivity index (χ0n) is 16.4. The van der Waals surface area contributed by atoms with Gasteiger partial charge in [0.1, 0.15) is 11.3 Å². The molecule has 0 aliphatic rings. The molecule has 0 radical (unpaired) electrons. The molecule has 148 valence electrons. The lowest BCUT2D eigenvalue weighted by Gasteiger charge is -2.29. The zero-order chi connectivity index (χ0) is 20.6. The van der Waals surface area contributed by atoms with Crippen LogP contribution in [0.3, 0.4) is 0 Å². The van der Waals surface area contributed by atoms with E-state index in [4.69, 9.17) is 4.98 Å². The largest absolute Gasteiger partial charge is 0.374 e. The van der Waals surface area contributed by atoms with E-state index in [1.54, 1.807) is 0 Å². The summed E-state index contributed by atoms with van der Waals surface area (Å²) in [7, 11) is 0. The molecule has 0 spiro atoms. The van der Waals surface area contributed by atoms with E-state index in [0.717, 1.165) is 28.0 Å². The lowest BCUT2D eigenvalue weighted by atomic mass is 9.82. The van der Waals surface area contributed by atoms with Crippen LogP contribution in [-0.2, 0) is 12.0 Å². The molecule has 0 aliphatic carbocycles. The molecule has 3 heterocycles. The van der Waals surface area contributed by atoms with E-state index in [-0.39, 0.29) is 0 Å². The Labute approximate surface area is 173 Å². The smallest absolute Gasteiger partial charge is 0.180 e. The Bertz CT molecular complexity index is 1240. The number of imidazole rings is 1. The van der Waals surface area contributed by atoms with Crippen molar-refractivity contribution in [1.82, 2.24) is 30.0 Å². The fourth-order valence-electron chi connectivity index (χ4n) is 3.94. The molecule has 2 aromatic carbocycles. The Kier molecular flexibility index (Phi) is 4.37. The van der Waals surface area contributed by atoms with Crippen LogP contribution in [0.4, 0.5) is 0 Å². The molecule has 0 unspecified atom stereocenters. The maximum Gasteiger partial charge on any atom is 0.180 e. The third-order valence-electron chi connectivity index (χ3n) is 5.40. The molecule has 30 heavy (non-hydrogen) atoms. The van der Waals surface area contributed by atoms with Crippen molar-refractivity contribution in [2.24, 2.45) is 0 Å². The summed E-state index contributed by atoms with van der Waals surface area (Å²) in [5.41, 5.74) is 3.30. The van der Waals surface area contributed by atoms with Gasteiger partial charge in [0.15, 0.2) is 11.4 Å². The highest BCUT2D eigenvalue weighted by molar-refractivity contribution is 5.59. The van der Waals surface area contributed by atoms with Crippen LogP contribution in [0, 0.1) is 0 Å². The molecule has 7 heteroatoms. The molecule has 5 aromatic rings. The van der Waals surface area contributed by atoms with Crippen molar-refractivity contribution in [2.75, 3.05) is 0 Å². The topological polar surface area (TPSA) is 92.0 Å². The molecular formula is C23H20N6O. The first kappa shape index (κ1) is 18.2. The molecular weight excluding hydrogens is 376 g/mol. The Morgan fingerprint density at radius 1 is 0.933 bits per heavy atom. The average molecular weight is 396 g/mol. The first-order chi connectivity index (χ1) is 14.7. The lowest BCUT2D eigenvalue weighted by molar-refractivity contribution is 0.120. The van der Waals surface area contributed by atoms with Crippen LogP contribution < -0.4 is 0 Å². The summed E-state index contributed by atoms with van der Waals surface area (Å²) in [4.78, 5) is 4.88. The second-order valence-electron chi connectivity index (χ2n) is 7.10. The Morgan fingerprint density at radius 3 is 2.17 bits per heavy atom. The number of aromatic amines is 1. The molecule has 0 bridgehead atoms. The first-order valence-electron chi connectivity index (χ1n) is 9.80. The van der Waals surface area contributed by atoms with Crippen molar-refractivity contribution < 1.29 is 5.11 Å².